The van der Waals surface area contributed by atoms with E-state index in [4.69, 9.17) is 9.47 Å². The molecule has 2 N–H and O–H groups in total. The minimum atomic E-state index is -0.284. The third-order valence-corrected chi connectivity index (χ3v) is 5.71. The minimum absolute atomic E-state index is 0.163. The molecule has 1 aliphatic heterocycles. The summed E-state index contributed by atoms with van der Waals surface area (Å²) in [6, 6.07) is 13.3. The van der Waals surface area contributed by atoms with Crippen LogP contribution >= 0.6 is 0 Å². The molecule has 4 rings (SSSR count). The molecular formula is C25H29N3O4. The van der Waals surface area contributed by atoms with Crippen molar-refractivity contribution < 1.29 is 14.3 Å². The first-order valence-corrected chi connectivity index (χ1v) is 10.8. The molecule has 1 aliphatic rings. The van der Waals surface area contributed by atoms with E-state index in [1.807, 2.05) is 63.2 Å². The smallest absolute Gasteiger partial charge is 0.322 e. The highest BCUT2D eigenvalue weighted by Gasteiger charge is 2.24. The molecule has 7 nitrogen and oxygen atoms in total. The zero-order chi connectivity index (χ0) is 22.7. The van der Waals surface area contributed by atoms with E-state index in [0.717, 1.165) is 33.3 Å². The standard InChI is InChI=1S/C25H29N3O4/c1-16-10-18(3)23-19(11-16)12-20(24(29)27-23)13-28(14-21-15-31-8-9-32-21)25(30)26-22-7-5-4-6-17(22)2/h4-7,10-12,21H,8-9,13-15H2,1-3H3,(H,26,30)(H,27,29)/t21-/m1/s1. The first-order valence-electron chi connectivity index (χ1n) is 10.8. The van der Waals surface area contributed by atoms with Gasteiger partial charge in [-0.15, -0.1) is 0 Å². The Bertz CT molecular complexity index is 1180. The van der Waals surface area contributed by atoms with Crippen LogP contribution in [0.3, 0.4) is 0 Å². The summed E-state index contributed by atoms with van der Waals surface area (Å²) in [4.78, 5) is 30.7. The van der Waals surface area contributed by atoms with Gasteiger partial charge in [0.1, 0.15) is 0 Å². The van der Waals surface area contributed by atoms with E-state index in [9.17, 15) is 9.59 Å². The molecule has 1 saturated heterocycles. The third kappa shape index (κ3) is 5.00. The maximum atomic E-state index is 13.2. The van der Waals surface area contributed by atoms with Crippen molar-refractivity contribution >= 4 is 22.6 Å². The van der Waals surface area contributed by atoms with Crippen molar-refractivity contribution in [1.82, 2.24) is 9.88 Å². The number of hydrogen-bond acceptors (Lipinski definition) is 4. The van der Waals surface area contributed by atoms with E-state index in [2.05, 4.69) is 10.3 Å². The summed E-state index contributed by atoms with van der Waals surface area (Å²) in [5, 5.41) is 3.93. The number of benzene rings is 2. The number of aromatic amines is 1. The molecule has 1 atom stereocenters. The van der Waals surface area contributed by atoms with Crippen LogP contribution < -0.4 is 10.9 Å². The fourth-order valence-corrected chi connectivity index (χ4v) is 4.07. The maximum absolute atomic E-state index is 13.2. The molecule has 0 radical (unpaired) electrons. The molecule has 0 aliphatic carbocycles. The predicted molar refractivity (Wildman–Crippen MR) is 125 cm³/mol. The van der Waals surface area contributed by atoms with Crippen LogP contribution in [0.25, 0.3) is 10.9 Å². The summed E-state index contributed by atoms with van der Waals surface area (Å²) < 4.78 is 11.3. The molecule has 32 heavy (non-hydrogen) atoms. The van der Waals surface area contributed by atoms with Crippen molar-refractivity contribution in [2.75, 3.05) is 31.7 Å². The molecule has 3 aromatic rings. The maximum Gasteiger partial charge on any atom is 0.322 e. The van der Waals surface area contributed by atoms with Gasteiger partial charge in [-0.1, -0.05) is 29.8 Å². The Hall–Kier alpha value is -3.16. The molecule has 7 heteroatoms. The van der Waals surface area contributed by atoms with Crippen LogP contribution in [0.4, 0.5) is 10.5 Å². The van der Waals surface area contributed by atoms with Gasteiger partial charge in [0.2, 0.25) is 0 Å². The van der Waals surface area contributed by atoms with E-state index in [1.54, 1.807) is 4.90 Å². The molecule has 1 fully saturated rings. The first-order chi connectivity index (χ1) is 15.4. The fourth-order valence-electron chi connectivity index (χ4n) is 4.07. The number of carbonyl (C=O) groups is 1. The van der Waals surface area contributed by atoms with Crippen LogP contribution in [-0.4, -0.2) is 48.4 Å². The highest BCUT2D eigenvalue weighted by Crippen LogP contribution is 2.20. The van der Waals surface area contributed by atoms with Crippen molar-refractivity contribution in [1.29, 1.82) is 0 Å². The first kappa shape index (κ1) is 22.0. The van der Waals surface area contributed by atoms with Crippen molar-refractivity contribution in [3.8, 4) is 0 Å². The Morgan fingerprint density at radius 2 is 1.94 bits per heavy atom. The average molecular weight is 436 g/mol. The number of hydrogen-bond donors (Lipinski definition) is 2. The van der Waals surface area contributed by atoms with Gasteiger partial charge in [-0.05, 0) is 55.5 Å². The zero-order valence-electron chi connectivity index (χ0n) is 18.7. The number of amides is 2. The number of nitrogens with one attached hydrogen (secondary N) is 2. The zero-order valence-corrected chi connectivity index (χ0v) is 18.7. The van der Waals surface area contributed by atoms with E-state index in [1.165, 1.54) is 0 Å². The monoisotopic (exact) mass is 435 g/mol. The molecule has 0 unspecified atom stereocenters. The molecule has 168 valence electrons. The van der Waals surface area contributed by atoms with Crippen LogP contribution in [-0.2, 0) is 16.0 Å². The number of pyridine rings is 1. The number of aryl methyl sites for hydroxylation is 3. The molecule has 0 bridgehead atoms. The van der Waals surface area contributed by atoms with Gasteiger partial charge in [0.15, 0.2) is 0 Å². The highest BCUT2D eigenvalue weighted by molar-refractivity contribution is 5.90. The largest absolute Gasteiger partial charge is 0.376 e. The van der Waals surface area contributed by atoms with Gasteiger partial charge in [0.25, 0.3) is 5.56 Å². The number of fused-ring (bicyclic) bond motifs is 1. The van der Waals surface area contributed by atoms with Gasteiger partial charge in [-0.25, -0.2) is 4.79 Å². The summed E-state index contributed by atoms with van der Waals surface area (Å²) >= 11 is 0. The third-order valence-electron chi connectivity index (χ3n) is 5.71. The number of carbonyl (C=O) groups excluding carboxylic acids is 1. The van der Waals surface area contributed by atoms with E-state index in [-0.39, 0.29) is 24.2 Å². The van der Waals surface area contributed by atoms with Gasteiger partial charge >= 0.3 is 6.03 Å². The molecule has 2 amide bonds. The molecule has 2 heterocycles. The SMILES string of the molecule is Cc1cc(C)c2[nH]c(=O)c(CN(C[C@@H]3COCCO3)C(=O)Nc3ccccc3C)cc2c1. The number of ether oxygens (including phenoxy) is 2. The van der Waals surface area contributed by atoms with Gasteiger partial charge in [0, 0.05) is 11.3 Å². The summed E-state index contributed by atoms with van der Waals surface area (Å²) in [6.07, 6.45) is -0.240. The quantitative estimate of drug-likeness (QED) is 0.637. The Kier molecular flexibility index (Phi) is 6.58. The topological polar surface area (TPSA) is 83.7 Å². The lowest BCUT2D eigenvalue weighted by Crippen LogP contribution is -2.44. The van der Waals surface area contributed by atoms with E-state index < -0.39 is 0 Å². The number of rotatable bonds is 5. The number of aromatic nitrogens is 1. The van der Waals surface area contributed by atoms with Crippen LogP contribution in [0.15, 0.2) is 47.3 Å². The molecule has 1 aromatic heterocycles. The second-order valence-corrected chi connectivity index (χ2v) is 8.36. The van der Waals surface area contributed by atoms with Crippen molar-refractivity contribution in [3.05, 3.63) is 75.1 Å². The summed E-state index contributed by atoms with van der Waals surface area (Å²) in [5.74, 6) is 0. The average Bonchev–Trinajstić information content (AvgIpc) is 2.76. The van der Waals surface area contributed by atoms with Gasteiger partial charge < -0.3 is 24.7 Å². The molecule has 0 spiro atoms. The van der Waals surface area contributed by atoms with Gasteiger partial charge in [-0.2, -0.15) is 0 Å². The number of urea groups is 1. The van der Waals surface area contributed by atoms with Crippen LogP contribution in [0, 0.1) is 20.8 Å². The van der Waals surface area contributed by atoms with Crippen molar-refractivity contribution in [2.24, 2.45) is 0 Å². The van der Waals surface area contributed by atoms with Crippen molar-refractivity contribution in [3.63, 3.8) is 0 Å². The predicted octanol–water partition coefficient (Wildman–Crippen LogP) is 3.90. The second-order valence-electron chi connectivity index (χ2n) is 8.36. The van der Waals surface area contributed by atoms with E-state index >= 15 is 0 Å². The highest BCUT2D eigenvalue weighted by atomic mass is 16.6. The second kappa shape index (κ2) is 9.54. The fraction of sp³-hybridized carbons (Fsp3) is 0.360. The summed E-state index contributed by atoms with van der Waals surface area (Å²) in [5.41, 5.74) is 5.00. The Morgan fingerprint density at radius 1 is 1.12 bits per heavy atom. The number of nitrogens with zero attached hydrogens (tertiary/aromatic N) is 1. The molecule has 2 aromatic carbocycles. The van der Waals surface area contributed by atoms with Crippen molar-refractivity contribution in [2.45, 2.75) is 33.4 Å². The van der Waals surface area contributed by atoms with Gasteiger partial charge in [-0.3, -0.25) is 4.79 Å². The number of H-pyrrole nitrogens is 1. The lowest BCUT2D eigenvalue weighted by atomic mass is 10.1. The molecular weight excluding hydrogens is 406 g/mol. The summed E-state index contributed by atoms with van der Waals surface area (Å²) in [6.45, 7) is 7.89. The van der Waals surface area contributed by atoms with Gasteiger partial charge in [0.05, 0.1) is 44.5 Å². The normalized spacial score (nSPS) is 16.2. The van der Waals surface area contributed by atoms with Crippen LogP contribution in [0.2, 0.25) is 0 Å². The Labute approximate surface area is 187 Å². The number of anilines is 1. The van der Waals surface area contributed by atoms with E-state index in [0.29, 0.717) is 31.9 Å². The van der Waals surface area contributed by atoms with Crippen LogP contribution in [0.5, 0.6) is 0 Å². The Balaban J connectivity index is 1.63. The number of para-hydroxylation sites is 1. The Morgan fingerprint density at radius 3 is 2.69 bits per heavy atom. The molecule has 0 saturated carbocycles. The minimum Gasteiger partial charge on any atom is -0.376 e. The lowest BCUT2D eigenvalue weighted by molar-refractivity contribution is -0.0943. The van der Waals surface area contributed by atoms with Crippen LogP contribution in [0.1, 0.15) is 22.3 Å². The lowest BCUT2D eigenvalue weighted by Gasteiger charge is -2.30. The summed E-state index contributed by atoms with van der Waals surface area (Å²) in [7, 11) is 0.